The first-order valence-corrected chi connectivity index (χ1v) is 40.4. The molecule has 0 aromatic heterocycles. The largest absolute Gasteiger partial charge is 0.383 e. The van der Waals surface area contributed by atoms with E-state index in [9.17, 15) is 33.6 Å². The molecule has 21 nitrogen and oxygen atoms in total. The number of halogens is 4. The van der Waals surface area contributed by atoms with E-state index in [2.05, 4.69) is 86.0 Å². The smallest absolute Gasteiger partial charge is 0.345 e. The maximum atomic E-state index is 12.3. The first kappa shape index (κ1) is 100. The molecule has 9 aromatic carbocycles. The number of nitrogens with one attached hydrogen (secondary N) is 4. The summed E-state index contributed by atoms with van der Waals surface area (Å²) in [6, 6.07) is 72.6. The van der Waals surface area contributed by atoms with Crippen molar-refractivity contribution in [2.24, 2.45) is 0 Å². The van der Waals surface area contributed by atoms with Gasteiger partial charge in [-0.3, -0.25) is 33.9 Å². The highest BCUT2D eigenvalue weighted by Crippen LogP contribution is 2.31. The summed E-state index contributed by atoms with van der Waals surface area (Å²) in [4.78, 5) is 98.2. The van der Waals surface area contributed by atoms with Gasteiger partial charge in [0.1, 0.15) is 18.0 Å². The van der Waals surface area contributed by atoms with Crippen molar-refractivity contribution in [1.82, 2.24) is 20.8 Å². The van der Waals surface area contributed by atoms with Crippen LogP contribution in [0.5, 0.6) is 0 Å². The normalized spacial score (nSPS) is 10.9. The van der Waals surface area contributed by atoms with Gasteiger partial charge in [0.05, 0.1) is 62.0 Å². The van der Waals surface area contributed by atoms with E-state index in [0.717, 1.165) is 118 Å². The van der Waals surface area contributed by atoms with Crippen LogP contribution in [0.15, 0.2) is 239 Å². The molecule has 4 N–H and O–H groups in total. The molecular formula is C91H116Br2Cl2N10O11. The molecule has 0 saturated heterocycles. The quantitative estimate of drug-likeness (QED) is 0.0253. The number of hydrogen-bond donors (Lipinski definition) is 4. The Morgan fingerprint density at radius 2 is 0.767 bits per heavy atom. The van der Waals surface area contributed by atoms with E-state index < -0.39 is 11.1 Å². The third kappa shape index (κ3) is 34.1. The summed E-state index contributed by atoms with van der Waals surface area (Å²) in [7, 11) is 12.7. The van der Waals surface area contributed by atoms with Gasteiger partial charge in [-0.1, -0.05) is 204 Å². The fourth-order valence-electron chi connectivity index (χ4n) is 11.3. The number of rotatable bonds is 24. The molecule has 9 rings (SSSR count). The molecule has 0 spiro atoms. The first-order valence-electron chi connectivity index (χ1n) is 37.7. The molecule has 2 atom stereocenters. The van der Waals surface area contributed by atoms with Crippen molar-refractivity contribution in [3.8, 4) is 0 Å². The lowest BCUT2D eigenvalue weighted by molar-refractivity contribution is -0.117. The third-order valence-electron chi connectivity index (χ3n) is 17.9. The van der Waals surface area contributed by atoms with Crippen molar-refractivity contribution in [3.05, 3.63) is 284 Å². The van der Waals surface area contributed by atoms with Crippen LogP contribution in [0.1, 0.15) is 112 Å². The minimum atomic E-state index is -0.415. The van der Waals surface area contributed by atoms with Gasteiger partial charge in [0.15, 0.2) is 0 Å². The number of nitrogens with zero attached hydrogens (tertiary/aromatic N) is 6. The van der Waals surface area contributed by atoms with Gasteiger partial charge in [0.25, 0.3) is 0 Å². The lowest BCUT2D eigenvalue weighted by Gasteiger charge is -2.31. The predicted molar refractivity (Wildman–Crippen MR) is 483 cm³/mol. The molecule has 116 heavy (non-hydrogen) atoms. The minimum absolute atomic E-state index is 0.0223. The summed E-state index contributed by atoms with van der Waals surface area (Å²) >= 11 is 18.1. The van der Waals surface area contributed by atoms with Crippen molar-refractivity contribution in [2.75, 3.05) is 112 Å². The Labute approximate surface area is 714 Å². The highest BCUT2D eigenvalue weighted by atomic mass is 79.9. The molecule has 0 aliphatic carbocycles. The number of anilines is 6. The maximum absolute atomic E-state index is 12.3. The number of aryl methyl sites for hydroxylation is 5. The van der Waals surface area contributed by atoms with Crippen LogP contribution in [0, 0.1) is 13.8 Å². The number of carbonyl (C=O) groups excluding carboxylic acids is 7. The van der Waals surface area contributed by atoms with Crippen molar-refractivity contribution >= 4 is 131 Å². The highest BCUT2D eigenvalue weighted by molar-refractivity contribution is 9.10. The second-order valence-corrected chi connectivity index (χ2v) is 29.7. The van der Waals surface area contributed by atoms with Gasteiger partial charge in [-0.05, 0) is 192 Å². The number of aldehydes is 1. The molecule has 2 unspecified atom stereocenters. The topological polar surface area (TPSA) is 224 Å². The molecule has 624 valence electrons. The van der Waals surface area contributed by atoms with Gasteiger partial charge in [0.2, 0.25) is 11.8 Å². The number of ether oxygens (including phenoxy) is 2. The maximum Gasteiger partial charge on any atom is 0.345 e. The Balaban J connectivity index is 0.000000353. The number of urea groups is 4. The molecule has 25 heteroatoms. The SMILES string of the molecule is CCc1cccc(C)c1N(C(=O)CCl)C(C)COC.CCc1cccc(C)c1N(C(=O)CCl)C(C)COC.CCc1cccc(C=O)c1.CN(C(=O)NC(C)(C)c1ccccc1)c1ccccc1.CN(C(=O)NC(C)(C)c1ccccc1)c1ccccc1.CON(C)C(=O)Nc1ccc(Br)cc1.CON(C)C(=O)Nc1ccc(Br)cc1. The molecule has 10 amide bonds. The van der Waals surface area contributed by atoms with E-state index >= 15 is 0 Å². The summed E-state index contributed by atoms with van der Waals surface area (Å²) in [5, 5.41) is 13.7. The van der Waals surface area contributed by atoms with E-state index in [1.165, 1.54) is 33.9 Å². The Kier molecular flexibility index (Phi) is 46.1. The lowest BCUT2D eigenvalue weighted by Crippen LogP contribution is -2.47. The summed E-state index contributed by atoms with van der Waals surface area (Å²) < 4.78 is 12.3. The van der Waals surface area contributed by atoms with Crippen LogP contribution < -0.4 is 40.9 Å². The number of hydrogen-bond acceptors (Lipinski definition) is 11. The summed E-state index contributed by atoms with van der Waals surface area (Å²) in [6.45, 7) is 23.2. The Morgan fingerprint density at radius 3 is 1.06 bits per heavy atom. The predicted octanol–water partition coefficient (Wildman–Crippen LogP) is 20.9. The van der Waals surface area contributed by atoms with Crippen LogP contribution in [0.3, 0.4) is 0 Å². The molecule has 9 aromatic rings. The Morgan fingerprint density at radius 1 is 0.440 bits per heavy atom. The van der Waals surface area contributed by atoms with Crippen molar-refractivity contribution < 1.29 is 52.7 Å². The highest BCUT2D eigenvalue weighted by Gasteiger charge is 2.29. The van der Waals surface area contributed by atoms with Gasteiger partial charge >= 0.3 is 24.1 Å². The van der Waals surface area contributed by atoms with Crippen LogP contribution in [-0.2, 0) is 59.1 Å². The van der Waals surface area contributed by atoms with Crippen LogP contribution in [-0.4, -0.2) is 146 Å². The Bertz CT molecular complexity index is 4150. The zero-order valence-corrected chi connectivity index (χ0v) is 75.0. The van der Waals surface area contributed by atoms with E-state index in [-0.39, 0.29) is 59.8 Å². The van der Waals surface area contributed by atoms with Crippen LogP contribution in [0.4, 0.5) is 53.3 Å². The summed E-state index contributed by atoms with van der Waals surface area (Å²) in [5.41, 5.74) is 12.9. The third-order valence-corrected chi connectivity index (χ3v) is 19.4. The van der Waals surface area contributed by atoms with Gasteiger partial charge in [-0.15, -0.1) is 23.2 Å². The van der Waals surface area contributed by atoms with Crippen LogP contribution in [0.25, 0.3) is 0 Å². The zero-order valence-electron chi connectivity index (χ0n) is 70.3. The van der Waals surface area contributed by atoms with Crippen LogP contribution in [0.2, 0.25) is 0 Å². The number of amides is 10. The van der Waals surface area contributed by atoms with E-state index in [1.54, 1.807) is 72.2 Å². The standard InChI is InChI=1S/2C17H20N2O.2C15H22ClNO2.2C9H11BrN2O2.C9H10O/c2*1-17(2,14-10-6-4-7-11-14)18-16(20)19(3)15-12-8-5-9-13-15;2*1-5-13-8-6-7-11(2)15(13)17(14(18)9-16)12(3)10-19-4;2*1-12(14-2)9(13)11-8-5-3-7(10)4-6-8;1-2-8-4-3-5-9(6-8)7-10/h2*4-13H,1-3H3,(H,18,20);2*6-8,12H,5,9-10H2,1-4H3;2*3-6H,1-2H3,(H,11,13);3-7H,2H2,1H3. The fourth-order valence-corrected chi connectivity index (χ4v) is 12.0. The fraction of sp³-hybridized carbons (Fsp3) is 0.330. The van der Waals surface area contributed by atoms with Gasteiger partial charge < -0.3 is 40.5 Å². The zero-order chi connectivity index (χ0) is 86.5. The van der Waals surface area contributed by atoms with E-state index in [0.29, 0.717) is 13.2 Å². The molecule has 0 radical (unpaired) electrons. The number of carbonyl (C=O) groups is 7. The van der Waals surface area contributed by atoms with E-state index in [4.69, 9.17) is 42.4 Å². The molecule has 0 fully saturated rings. The number of para-hydroxylation sites is 4. The van der Waals surface area contributed by atoms with Crippen LogP contribution >= 0.6 is 55.1 Å². The summed E-state index contributed by atoms with van der Waals surface area (Å²) in [5.74, 6) is -0.220. The Hall–Kier alpha value is -9.95. The van der Waals surface area contributed by atoms with Crippen molar-refractivity contribution in [1.29, 1.82) is 0 Å². The molecule has 0 aliphatic rings. The van der Waals surface area contributed by atoms with E-state index in [1.807, 2.05) is 250 Å². The molecule has 0 bridgehead atoms. The summed E-state index contributed by atoms with van der Waals surface area (Å²) in [6.07, 6.45) is 3.62. The first-order chi connectivity index (χ1) is 55.3. The number of alkyl halides is 2. The van der Waals surface area contributed by atoms with Crippen molar-refractivity contribution in [3.63, 3.8) is 0 Å². The average molecular weight is 1760 g/mol. The van der Waals surface area contributed by atoms with Gasteiger partial charge in [0, 0.05) is 79.7 Å². The molecule has 0 aliphatic heterocycles. The second kappa shape index (κ2) is 53.3. The minimum Gasteiger partial charge on any atom is -0.383 e. The van der Waals surface area contributed by atoms with Crippen molar-refractivity contribution in [2.45, 2.75) is 119 Å². The van der Waals surface area contributed by atoms with Gasteiger partial charge in [-0.25, -0.2) is 29.3 Å². The molecule has 0 saturated carbocycles. The lowest BCUT2D eigenvalue weighted by atomic mass is 9.94. The number of methoxy groups -OCH3 is 2. The second-order valence-electron chi connectivity index (χ2n) is 27.4. The number of benzene rings is 9. The molecular weight excluding hydrogens is 1640 g/mol. The van der Waals surface area contributed by atoms with Gasteiger partial charge in [-0.2, -0.15) is 0 Å². The average Bonchev–Trinajstić information content (AvgIpc) is 0.801. The monoisotopic (exact) mass is 1750 g/mol. The number of hydroxylamine groups is 4. The molecule has 0 heterocycles.